The van der Waals surface area contributed by atoms with Crippen LogP contribution in [0.25, 0.3) is 0 Å². The van der Waals surface area contributed by atoms with Crippen LogP contribution in [-0.2, 0) is 9.63 Å². The summed E-state index contributed by atoms with van der Waals surface area (Å²) in [4.78, 5) is 16.2. The molecule has 1 saturated heterocycles. The number of carbonyl (C=O) groups excluding carboxylic acids is 1. The van der Waals surface area contributed by atoms with Crippen molar-refractivity contribution < 1.29 is 9.63 Å². The number of hydrogen-bond donors (Lipinski definition) is 1. The predicted molar refractivity (Wildman–Crippen MR) is 48.6 cm³/mol. The van der Waals surface area contributed by atoms with Crippen molar-refractivity contribution in [1.29, 1.82) is 0 Å². The first-order chi connectivity index (χ1) is 5.75. The van der Waals surface area contributed by atoms with Gasteiger partial charge >= 0.3 is 0 Å². The van der Waals surface area contributed by atoms with E-state index >= 15 is 0 Å². The Morgan fingerprint density at radius 2 is 2.58 bits per heavy atom. The van der Waals surface area contributed by atoms with Gasteiger partial charge in [0, 0.05) is 5.75 Å². The number of rotatable bonds is 4. The van der Waals surface area contributed by atoms with Gasteiger partial charge in [-0.1, -0.05) is 6.92 Å². The Labute approximate surface area is 76.4 Å². The molecule has 12 heavy (non-hydrogen) atoms. The van der Waals surface area contributed by atoms with Crippen molar-refractivity contribution in [3.63, 3.8) is 0 Å². The highest BCUT2D eigenvalue weighted by Gasteiger charge is 2.29. The van der Waals surface area contributed by atoms with Gasteiger partial charge < -0.3 is 5.73 Å². The number of thioether (sulfide) groups is 1. The van der Waals surface area contributed by atoms with Gasteiger partial charge in [-0.15, -0.1) is 0 Å². The van der Waals surface area contributed by atoms with Gasteiger partial charge in [0.1, 0.15) is 6.04 Å². The Hall–Kier alpha value is -0.260. The summed E-state index contributed by atoms with van der Waals surface area (Å²) in [5.74, 6) is 1.88. The molecule has 0 aliphatic carbocycles. The molecule has 4 nitrogen and oxygen atoms in total. The van der Waals surface area contributed by atoms with Gasteiger partial charge in [-0.25, -0.2) is 5.06 Å². The molecule has 0 aromatic carbocycles. The molecular formula is C7H14N2O2S. The minimum Gasteiger partial charge on any atom is -0.318 e. The molecule has 0 saturated carbocycles. The van der Waals surface area contributed by atoms with Crippen LogP contribution in [0.1, 0.15) is 6.92 Å². The van der Waals surface area contributed by atoms with Crippen molar-refractivity contribution in [2.24, 2.45) is 5.73 Å². The lowest BCUT2D eigenvalue weighted by Gasteiger charge is -2.12. The van der Waals surface area contributed by atoms with E-state index in [-0.39, 0.29) is 5.91 Å². The lowest BCUT2D eigenvalue weighted by atomic mass is 10.3. The first-order valence-electron chi connectivity index (χ1n) is 4.03. The second-order valence-corrected chi connectivity index (χ2v) is 3.93. The third-order valence-electron chi connectivity index (χ3n) is 1.62. The van der Waals surface area contributed by atoms with Crippen LogP contribution >= 0.6 is 11.8 Å². The normalized spacial score (nSPS) is 23.7. The molecule has 5 heteroatoms. The highest BCUT2D eigenvalue weighted by molar-refractivity contribution is 7.99. The Balaban J connectivity index is 2.20. The van der Waals surface area contributed by atoms with Crippen LogP contribution in [0.15, 0.2) is 0 Å². The van der Waals surface area contributed by atoms with Gasteiger partial charge in [-0.2, -0.15) is 11.8 Å². The summed E-state index contributed by atoms with van der Waals surface area (Å²) in [6, 6.07) is -0.448. The lowest BCUT2D eigenvalue weighted by molar-refractivity contribution is -0.160. The summed E-state index contributed by atoms with van der Waals surface area (Å²) < 4.78 is 0. The van der Waals surface area contributed by atoms with E-state index in [4.69, 9.17) is 10.6 Å². The van der Waals surface area contributed by atoms with Crippen LogP contribution in [0.4, 0.5) is 0 Å². The summed E-state index contributed by atoms with van der Waals surface area (Å²) in [6.45, 7) is 3.06. The Morgan fingerprint density at radius 1 is 1.83 bits per heavy atom. The summed E-state index contributed by atoms with van der Waals surface area (Å²) in [5.41, 5.74) is 5.45. The predicted octanol–water partition coefficient (Wildman–Crippen LogP) is -0.159. The van der Waals surface area contributed by atoms with E-state index in [1.54, 1.807) is 11.8 Å². The van der Waals surface area contributed by atoms with Crippen LogP contribution < -0.4 is 5.73 Å². The van der Waals surface area contributed by atoms with Crippen LogP contribution in [-0.4, -0.2) is 41.7 Å². The molecule has 2 N–H and O–H groups in total. The van der Waals surface area contributed by atoms with Gasteiger partial charge in [0.15, 0.2) is 0 Å². The maximum Gasteiger partial charge on any atom is 0.265 e. The molecule has 0 spiro atoms. The lowest BCUT2D eigenvalue weighted by Crippen LogP contribution is -2.35. The average molecular weight is 190 g/mol. The average Bonchev–Trinajstić information content (AvgIpc) is 2.36. The number of amides is 1. The van der Waals surface area contributed by atoms with Gasteiger partial charge in [-0.05, 0) is 5.75 Å². The zero-order valence-electron chi connectivity index (χ0n) is 7.16. The van der Waals surface area contributed by atoms with Gasteiger partial charge in [0.25, 0.3) is 5.91 Å². The topological polar surface area (TPSA) is 55.6 Å². The third kappa shape index (κ3) is 2.36. The molecular weight excluding hydrogens is 176 g/mol. The number of hydroxylamine groups is 2. The zero-order chi connectivity index (χ0) is 8.97. The van der Waals surface area contributed by atoms with Crippen molar-refractivity contribution >= 4 is 17.7 Å². The fourth-order valence-corrected chi connectivity index (χ4v) is 1.54. The molecule has 1 heterocycles. The summed E-state index contributed by atoms with van der Waals surface area (Å²) in [6.07, 6.45) is 0. The van der Waals surface area contributed by atoms with E-state index in [0.29, 0.717) is 13.2 Å². The largest absolute Gasteiger partial charge is 0.318 e. The smallest absolute Gasteiger partial charge is 0.265 e. The Morgan fingerprint density at radius 3 is 3.08 bits per heavy atom. The molecule has 1 unspecified atom stereocenters. The molecule has 1 amide bonds. The first-order valence-corrected chi connectivity index (χ1v) is 5.18. The second-order valence-electron chi connectivity index (χ2n) is 2.54. The van der Waals surface area contributed by atoms with E-state index < -0.39 is 6.04 Å². The van der Waals surface area contributed by atoms with E-state index in [0.717, 1.165) is 11.5 Å². The maximum absolute atomic E-state index is 11.2. The monoisotopic (exact) mass is 190 g/mol. The molecule has 0 radical (unpaired) electrons. The van der Waals surface area contributed by atoms with Gasteiger partial charge in [0.2, 0.25) is 0 Å². The Bertz CT molecular complexity index is 165. The molecule has 1 aliphatic rings. The van der Waals surface area contributed by atoms with E-state index in [9.17, 15) is 4.79 Å². The van der Waals surface area contributed by atoms with E-state index in [1.165, 1.54) is 5.06 Å². The van der Waals surface area contributed by atoms with Crippen LogP contribution in [0.3, 0.4) is 0 Å². The molecule has 1 rings (SSSR count). The minimum atomic E-state index is -0.448. The highest BCUT2D eigenvalue weighted by atomic mass is 32.2. The van der Waals surface area contributed by atoms with E-state index in [2.05, 4.69) is 6.92 Å². The number of carbonyl (C=O) groups is 1. The number of hydrogen-bond acceptors (Lipinski definition) is 4. The quantitative estimate of drug-likeness (QED) is 0.626. The molecule has 0 aromatic heterocycles. The van der Waals surface area contributed by atoms with Crippen LogP contribution in [0.5, 0.6) is 0 Å². The fourth-order valence-electron chi connectivity index (χ4n) is 0.957. The fraction of sp³-hybridized carbons (Fsp3) is 0.857. The summed E-state index contributed by atoms with van der Waals surface area (Å²) in [7, 11) is 0. The number of nitrogens with zero attached hydrogens (tertiary/aromatic N) is 1. The molecule has 1 aliphatic heterocycles. The molecule has 0 bridgehead atoms. The molecule has 1 atom stereocenters. The van der Waals surface area contributed by atoms with Crippen molar-refractivity contribution in [3.8, 4) is 0 Å². The second kappa shape index (κ2) is 4.69. The minimum absolute atomic E-state index is 0.0910. The third-order valence-corrected chi connectivity index (χ3v) is 2.50. The molecule has 0 aromatic rings. The van der Waals surface area contributed by atoms with Crippen molar-refractivity contribution in [2.45, 2.75) is 13.0 Å². The Kier molecular flexibility index (Phi) is 3.84. The SMILES string of the molecule is CCSCCN1OCC(N)C1=O. The standard InChI is InChI=1S/C7H14N2O2S/c1-2-12-4-3-9-7(10)6(8)5-11-9/h6H,2-5,8H2,1H3. The van der Waals surface area contributed by atoms with Crippen LogP contribution in [0, 0.1) is 0 Å². The van der Waals surface area contributed by atoms with Crippen molar-refractivity contribution in [1.82, 2.24) is 5.06 Å². The molecule has 70 valence electrons. The van der Waals surface area contributed by atoms with Crippen molar-refractivity contribution in [3.05, 3.63) is 0 Å². The number of nitrogens with two attached hydrogens (primary N) is 1. The zero-order valence-corrected chi connectivity index (χ0v) is 7.97. The highest BCUT2D eigenvalue weighted by Crippen LogP contribution is 2.07. The van der Waals surface area contributed by atoms with Crippen LogP contribution in [0.2, 0.25) is 0 Å². The van der Waals surface area contributed by atoms with E-state index in [1.807, 2.05) is 0 Å². The maximum atomic E-state index is 11.2. The molecule has 1 fully saturated rings. The summed E-state index contributed by atoms with van der Waals surface area (Å²) in [5, 5.41) is 1.37. The summed E-state index contributed by atoms with van der Waals surface area (Å²) >= 11 is 1.78. The first kappa shape index (κ1) is 9.83. The van der Waals surface area contributed by atoms with Gasteiger partial charge in [0.05, 0.1) is 13.2 Å². The van der Waals surface area contributed by atoms with Crippen molar-refractivity contribution in [2.75, 3.05) is 24.7 Å². The van der Waals surface area contributed by atoms with Gasteiger partial charge in [-0.3, -0.25) is 9.63 Å².